The second-order valence-corrected chi connectivity index (χ2v) is 6.54. The van der Waals surface area contributed by atoms with Gasteiger partial charge in [0, 0.05) is 19.6 Å². The van der Waals surface area contributed by atoms with Crippen LogP contribution in [0.2, 0.25) is 0 Å². The molecule has 1 unspecified atom stereocenters. The molecular weight excluding hydrogens is 232 g/mol. The van der Waals surface area contributed by atoms with E-state index in [1.165, 1.54) is 71.2 Å². The molecule has 1 rings (SSSR count). The number of likely N-dealkylation sites (tertiary alicyclic amines) is 1. The minimum Gasteiger partial charge on any atom is -0.316 e. The molecule has 114 valence electrons. The van der Waals surface area contributed by atoms with E-state index in [-0.39, 0.29) is 0 Å². The van der Waals surface area contributed by atoms with E-state index in [1.54, 1.807) is 0 Å². The van der Waals surface area contributed by atoms with E-state index in [0.717, 1.165) is 5.92 Å². The van der Waals surface area contributed by atoms with Gasteiger partial charge in [-0.3, -0.25) is 0 Å². The van der Waals surface area contributed by atoms with Crippen molar-refractivity contribution in [3.63, 3.8) is 0 Å². The summed E-state index contributed by atoms with van der Waals surface area (Å²) in [5.74, 6) is 0.948. The van der Waals surface area contributed by atoms with Crippen molar-refractivity contribution in [2.24, 2.45) is 11.3 Å². The predicted octanol–water partition coefficient (Wildman–Crippen LogP) is 3.91. The molecule has 0 saturated carbocycles. The molecule has 19 heavy (non-hydrogen) atoms. The summed E-state index contributed by atoms with van der Waals surface area (Å²) in [6, 6.07) is 0. The third-order valence-electron chi connectivity index (χ3n) is 5.17. The largest absolute Gasteiger partial charge is 0.316 e. The van der Waals surface area contributed by atoms with Gasteiger partial charge in [-0.05, 0) is 56.5 Å². The summed E-state index contributed by atoms with van der Waals surface area (Å²) in [5, 5.41) is 3.67. The molecule has 0 radical (unpaired) electrons. The normalized spacial score (nSPS) is 21.8. The van der Waals surface area contributed by atoms with Gasteiger partial charge in [0.2, 0.25) is 0 Å². The average Bonchev–Trinajstić information content (AvgIpc) is 2.46. The molecule has 0 aromatic carbocycles. The molecule has 0 amide bonds. The second kappa shape index (κ2) is 8.97. The Hall–Kier alpha value is -0.0800. The SMILES string of the molecule is CCCNCC(CC)(CC)CN1CCCC(CC)C1. The zero-order chi connectivity index (χ0) is 14.1. The van der Waals surface area contributed by atoms with Crippen LogP contribution in [0.4, 0.5) is 0 Å². The predicted molar refractivity (Wildman–Crippen MR) is 85.6 cm³/mol. The smallest absolute Gasteiger partial charge is 0.00500 e. The highest BCUT2D eigenvalue weighted by molar-refractivity contribution is 4.85. The molecule has 1 saturated heterocycles. The summed E-state index contributed by atoms with van der Waals surface area (Å²) >= 11 is 0. The zero-order valence-corrected chi connectivity index (χ0v) is 13.8. The van der Waals surface area contributed by atoms with Crippen LogP contribution >= 0.6 is 0 Å². The molecule has 0 spiro atoms. The first kappa shape index (κ1) is 17.0. The lowest BCUT2D eigenvalue weighted by atomic mass is 9.80. The van der Waals surface area contributed by atoms with E-state index in [2.05, 4.69) is 37.9 Å². The fraction of sp³-hybridized carbons (Fsp3) is 1.00. The molecular formula is C17H36N2. The van der Waals surface area contributed by atoms with Crippen LogP contribution in [0.3, 0.4) is 0 Å². The van der Waals surface area contributed by atoms with Gasteiger partial charge >= 0.3 is 0 Å². The molecule has 1 aliphatic heterocycles. The molecule has 0 aromatic rings. The van der Waals surface area contributed by atoms with Crippen molar-refractivity contribution >= 4 is 0 Å². The lowest BCUT2D eigenvalue weighted by molar-refractivity contribution is 0.0929. The summed E-state index contributed by atoms with van der Waals surface area (Å²) in [6.07, 6.45) is 8.05. The van der Waals surface area contributed by atoms with Crippen LogP contribution in [-0.2, 0) is 0 Å². The van der Waals surface area contributed by atoms with Crippen LogP contribution < -0.4 is 5.32 Å². The van der Waals surface area contributed by atoms with Crippen molar-refractivity contribution in [3.8, 4) is 0 Å². The topological polar surface area (TPSA) is 15.3 Å². The van der Waals surface area contributed by atoms with Gasteiger partial charge in [0.1, 0.15) is 0 Å². The lowest BCUT2D eigenvalue weighted by Crippen LogP contribution is -2.47. The average molecular weight is 268 g/mol. The maximum Gasteiger partial charge on any atom is 0.00500 e. The maximum atomic E-state index is 3.67. The lowest BCUT2D eigenvalue weighted by Gasteiger charge is -2.41. The van der Waals surface area contributed by atoms with Crippen LogP contribution in [0, 0.1) is 11.3 Å². The second-order valence-electron chi connectivity index (χ2n) is 6.54. The minimum atomic E-state index is 0.491. The number of piperidine rings is 1. The van der Waals surface area contributed by atoms with Gasteiger partial charge < -0.3 is 10.2 Å². The highest BCUT2D eigenvalue weighted by Gasteiger charge is 2.30. The van der Waals surface area contributed by atoms with Crippen molar-refractivity contribution in [2.75, 3.05) is 32.7 Å². The summed E-state index contributed by atoms with van der Waals surface area (Å²) in [5.41, 5.74) is 0.491. The van der Waals surface area contributed by atoms with Gasteiger partial charge in [0.05, 0.1) is 0 Å². The summed E-state index contributed by atoms with van der Waals surface area (Å²) < 4.78 is 0. The Balaban J connectivity index is 2.51. The van der Waals surface area contributed by atoms with Crippen molar-refractivity contribution in [1.82, 2.24) is 10.2 Å². The molecule has 0 aromatic heterocycles. The van der Waals surface area contributed by atoms with Gasteiger partial charge in [-0.15, -0.1) is 0 Å². The quantitative estimate of drug-likeness (QED) is 0.638. The van der Waals surface area contributed by atoms with Gasteiger partial charge in [-0.2, -0.15) is 0 Å². The fourth-order valence-corrected chi connectivity index (χ4v) is 3.41. The van der Waals surface area contributed by atoms with E-state index in [4.69, 9.17) is 0 Å². The number of hydrogen-bond donors (Lipinski definition) is 1. The Labute approximate surface area is 121 Å². The molecule has 2 heteroatoms. The molecule has 1 atom stereocenters. The van der Waals surface area contributed by atoms with Gasteiger partial charge in [-0.25, -0.2) is 0 Å². The van der Waals surface area contributed by atoms with Crippen molar-refractivity contribution < 1.29 is 0 Å². The minimum absolute atomic E-state index is 0.491. The zero-order valence-electron chi connectivity index (χ0n) is 13.8. The van der Waals surface area contributed by atoms with Crippen LogP contribution in [0.15, 0.2) is 0 Å². The third-order valence-corrected chi connectivity index (χ3v) is 5.17. The van der Waals surface area contributed by atoms with E-state index in [0.29, 0.717) is 5.41 Å². The van der Waals surface area contributed by atoms with Gasteiger partial charge in [0.15, 0.2) is 0 Å². The van der Waals surface area contributed by atoms with Crippen LogP contribution in [0.25, 0.3) is 0 Å². The number of hydrogen-bond acceptors (Lipinski definition) is 2. The number of rotatable bonds is 9. The van der Waals surface area contributed by atoms with Gasteiger partial charge in [-0.1, -0.05) is 34.1 Å². The van der Waals surface area contributed by atoms with Crippen LogP contribution in [-0.4, -0.2) is 37.6 Å². The standard InChI is InChI=1S/C17H36N2/c1-5-11-18-14-17(7-3,8-4)15-19-12-9-10-16(6-2)13-19/h16,18H,5-15H2,1-4H3. The summed E-state index contributed by atoms with van der Waals surface area (Å²) in [6.45, 7) is 15.7. The first-order chi connectivity index (χ1) is 9.19. The van der Waals surface area contributed by atoms with E-state index in [9.17, 15) is 0 Å². The van der Waals surface area contributed by atoms with Crippen molar-refractivity contribution in [1.29, 1.82) is 0 Å². The Morgan fingerprint density at radius 1 is 1.16 bits per heavy atom. The first-order valence-corrected chi connectivity index (χ1v) is 8.62. The van der Waals surface area contributed by atoms with E-state index < -0.39 is 0 Å². The Bertz CT molecular complexity index is 223. The van der Waals surface area contributed by atoms with Crippen molar-refractivity contribution in [3.05, 3.63) is 0 Å². The van der Waals surface area contributed by atoms with Crippen LogP contribution in [0.5, 0.6) is 0 Å². The van der Waals surface area contributed by atoms with E-state index in [1.807, 2.05) is 0 Å². The first-order valence-electron chi connectivity index (χ1n) is 8.62. The van der Waals surface area contributed by atoms with Gasteiger partial charge in [0.25, 0.3) is 0 Å². The molecule has 1 heterocycles. The van der Waals surface area contributed by atoms with Crippen molar-refractivity contribution in [2.45, 2.75) is 66.2 Å². The molecule has 0 bridgehead atoms. The Kier molecular flexibility index (Phi) is 8.01. The van der Waals surface area contributed by atoms with E-state index >= 15 is 0 Å². The molecule has 1 N–H and O–H groups in total. The molecule has 1 aliphatic rings. The number of nitrogens with zero attached hydrogens (tertiary/aromatic N) is 1. The third kappa shape index (κ3) is 5.43. The fourth-order valence-electron chi connectivity index (χ4n) is 3.41. The maximum absolute atomic E-state index is 3.67. The number of nitrogens with one attached hydrogen (secondary N) is 1. The summed E-state index contributed by atoms with van der Waals surface area (Å²) in [4.78, 5) is 2.75. The van der Waals surface area contributed by atoms with Crippen LogP contribution in [0.1, 0.15) is 66.2 Å². The highest BCUT2D eigenvalue weighted by Crippen LogP contribution is 2.29. The molecule has 0 aliphatic carbocycles. The summed E-state index contributed by atoms with van der Waals surface area (Å²) in [7, 11) is 0. The Morgan fingerprint density at radius 2 is 1.89 bits per heavy atom. The monoisotopic (exact) mass is 268 g/mol. The molecule has 1 fully saturated rings. The Morgan fingerprint density at radius 3 is 2.47 bits per heavy atom. The highest BCUT2D eigenvalue weighted by atomic mass is 15.1. The molecule has 2 nitrogen and oxygen atoms in total.